The Kier molecular flexibility index (Phi) is 67.1. The van der Waals surface area contributed by atoms with Crippen LogP contribution in [-0.2, 0) is 28.6 Å². The summed E-state index contributed by atoms with van der Waals surface area (Å²) in [5, 5.41) is 0. The Hall–Kier alpha value is -2.89. The zero-order valence-electron chi connectivity index (χ0n) is 54.3. The van der Waals surface area contributed by atoms with Gasteiger partial charge in [-0.1, -0.05) is 313 Å². The third-order valence-corrected chi connectivity index (χ3v) is 16.0. The Labute approximate surface area is 504 Å². The van der Waals surface area contributed by atoms with Gasteiger partial charge in [0.15, 0.2) is 6.10 Å². The molecule has 0 aliphatic carbocycles. The van der Waals surface area contributed by atoms with Gasteiger partial charge in [-0.3, -0.25) is 14.4 Å². The number of carbonyl (C=O) groups excluding carboxylic acids is 3. The van der Waals surface area contributed by atoms with Gasteiger partial charge in [-0.2, -0.15) is 0 Å². The van der Waals surface area contributed by atoms with Crippen molar-refractivity contribution in [3.63, 3.8) is 0 Å². The molecule has 0 saturated heterocycles. The fourth-order valence-electron chi connectivity index (χ4n) is 10.6. The van der Waals surface area contributed by atoms with Gasteiger partial charge in [0.1, 0.15) is 13.2 Å². The lowest BCUT2D eigenvalue weighted by molar-refractivity contribution is -0.167. The Morgan fingerprint density at radius 2 is 0.444 bits per heavy atom. The molecule has 0 saturated carbocycles. The Morgan fingerprint density at radius 3 is 0.704 bits per heavy atom. The summed E-state index contributed by atoms with van der Waals surface area (Å²) in [4.78, 5) is 38.4. The van der Waals surface area contributed by atoms with E-state index in [9.17, 15) is 14.4 Å². The molecule has 0 N–H and O–H groups in total. The van der Waals surface area contributed by atoms with Gasteiger partial charge in [-0.05, 0) is 109 Å². The fraction of sp³-hybridized carbons (Fsp3) is 0.827. The maximum atomic E-state index is 12.9. The van der Waals surface area contributed by atoms with E-state index >= 15 is 0 Å². The average molecular weight is 1130 g/mol. The first-order valence-electron chi connectivity index (χ1n) is 35.8. The summed E-state index contributed by atoms with van der Waals surface area (Å²) in [6.07, 6.45) is 89.8. The second-order valence-corrected chi connectivity index (χ2v) is 24.1. The van der Waals surface area contributed by atoms with Gasteiger partial charge in [0.25, 0.3) is 0 Å². The number of hydrogen-bond donors (Lipinski definition) is 0. The molecule has 472 valence electrons. The summed E-state index contributed by atoms with van der Waals surface area (Å²) in [5.41, 5.74) is 0. The minimum absolute atomic E-state index is 0.0787. The van der Waals surface area contributed by atoms with E-state index in [-0.39, 0.29) is 31.1 Å². The van der Waals surface area contributed by atoms with Crippen LogP contribution in [0.15, 0.2) is 60.8 Å². The summed E-state index contributed by atoms with van der Waals surface area (Å²) in [5.74, 6) is -0.880. The predicted molar refractivity (Wildman–Crippen MR) is 353 cm³/mol. The molecular weight excluding hydrogens is 997 g/mol. The highest BCUT2D eigenvalue weighted by atomic mass is 16.6. The van der Waals surface area contributed by atoms with Crippen LogP contribution in [0.25, 0.3) is 0 Å². The average Bonchev–Trinajstić information content (AvgIpc) is 3.47. The van der Waals surface area contributed by atoms with Gasteiger partial charge < -0.3 is 14.2 Å². The maximum Gasteiger partial charge on any atom is 0.306 e. The van der Waals surface area contributed by atoms with Crippen molar-refractivity contribution in [3.8, 4) is 0 Å². The molecule has 0 aliphatic heterocycles. The van der Waals surface area contributed by atoms with Gasteiger partial charge >= 0.3 is 17.9 Å². The number of carbonyl (C=O) groups is 3. The highest BCUT2D eigenvalue weighted by Crippen LogP contribution is 2.18. The van der Waals surface area contributed by atoms with Crippen LogP contribution in [0.1, 0.15) is 380 Å². The number of hydrogen-bond acceptors (Lipinski definition) is 6. The van der Waals surface area contributed by atoms with Crippen LogP contribution < -0.4 is 0 Å². The number of rotatable bonds is 66. The third kappa shape index (κ3) is 67.8. The smallest absolute Gasteiger partial charge is 0.306 e. The molecular formula is C75H136O6. The number of unbranched alkanes of at least 4 members (excludes halogenated alkanes) is 45. The number of esters is 3. The number of ether oxygens (including phenoxy) is 3. The van der Waals surface area contributed by atoms with Crippen molar-refractivity contribution in [2.45, 2.75) is 386 Å². The van der Waals surface area contributed by atoms with Crippen LogP contribution >= 0.6 is 0 Å². The highest BCUT2D eigenvalue weighted by molar-refractivity contribution is 5.71. The summed E-state index contributed by atoms with van der Waals surface area (Å²) in [7, 11) is 0. The first kappa shape index (κ1) is 78.1. The zero-order chi connectivity index (χ0) is 58.5. The van der Waals surface area contributed by atoms with Gasteiger partial charge in [-0.15, -0.1) is 0 Å². The lowest BCUT2D eigenvalue weighted by Gasteiger charge is -2.18. The second kappa shape index (κ2) is 69.6. The Balaban J connectivity index is 4.14. The Morgan fingerprint density at radius 1 is 0.247 bits per heavy atom. The van der Waals surface area contributed by atoms with Gasteiger partial charge in [0.05, 0.1) is 0 Å². The van der Waals surface area contributed by atoms with Crippen LogP contribution in [0.2, 0.25) is 0 Å². The monoisotopic (exact) mass is 1130 g/mol. The van der Waals surface area contributed by atoms with E-state index in [0.717, 1.165) is 96.3 Å². The molecule has 0 aromatic heterocycles. The van der Waals surface area contributed by atoms with E-state index in [0.29, 0.717) is 19.3 Å². The van der Waals surface area contributed by atoms with Crippen molar-refractivity contribution in [1.82, 2.24) is 0 Å². The molecule has 0 aliphatic rings. The quantitative estimate of drug-likeness (QED) is 0.0261. The first-order chi connectivity index (χ1) is 40.0. The van der Waals surface area contributed by atoms with Crippen molar-refractivity contribution in [2.24, 2.45) is 0 Å². The van der Waals surface area contributed by atoms with E-state index in [1.165, 1.54) is 244 Å². The van der Waals surface area contributed by atoms with E-state index in [1.807, 2.05) is 0 Å². The molecule has 0 bridgehead atoms. The standard InChI is InChI=1S/C75H136O6/c1-4-7-10-13-16-19-22-25-28-30-31-32-33-34-35-36-37-38-39-40-41-42-43-44-45-46-48-50-53-56-59-62-65-68-74(77)80-71-72(70-79-73(76)67-64-61-58-55-52-49-27-24-21-18-15-12-9-6-3)81-75(78)69-66-63-60-57-54-51-47-29-26-23-20-17-14-11-8-5-2/h20,22-25,27,29-31,47,72H,4-19,21,26,28,32-46,48-71H2,1-3H3/b23-20-,25-22-,27-24-,31-30-,47-29-. The lowest BCUT2D eigenvalue weighted by atomic mass is 10.0. The van der Waals surface area contributed by atoms with Gasteiger partial charge in [0.2, 0.25) is 0 Å². The van der Waals surface area contributed by atoms with Gasteiger partial charge in [0, 0.05) is 19.3 Å². The summed E-state index contributed by atoms with van der Waals surface area (Å²) in [6.45, 7) is 6.64. The highest BCUT2D eigenvalue weighted by Gasteiger charge is 2.19. The molecule has 0 heterocycles. The molecule has 1 atom stereocenters. The van der Waals surface area contributed by atoms with Gasteiger partial charge in [-0.25, -0.2) is 0 Å². The van der Waals surface area contributed by atoms with Crippen LogP contribution in [-0.4, -0.2) is 37.2 Å². The largest absolute Gasteiger partial charge is 0.462 e. The minimum Gasteiger partial charge on any atom is -0.462 e. The maximum absolute atomic E-state index is 12.9. The van der Waals surface area contributed by atoms with Crippen molar-refractivity contribution < 1.29 is 28.6 Å². The van der Waals surface area contributed by atoms with E-state index in [1.54, 1.807) is 0 Å². The normalized spacial score (nSPS) is 12.4. The molecule has 0 fully saturated rings. The van der Waals surface area contributed by atoms with E-state index < -0.39 is 6.10 Å². The molecule has 0 aromatic rings. The minimum atomic E-state index is -0.784. The predicted octanol–water partition coefficient (Wildman–Crippen LogP) is 24.7. The van der Waals surface area contributed by atoms with E-state index in [4.69, 9.17) is 14.2 Å². The van der Waals surface area contributed by atoms with Crippen LogP contribution in [0.5, 0.6) is 0 Å². The molecule has 0 spiro atoms. The van der Waals surface area contributed by atoms with Crippen molar-refractivity contribution in [1.29, 1.82) is 0 Å². The molecule has 0 rings (SSSR count). The molecule has 0 aromatic carbocycles. The molecule has 1 unspecified atom stereocenters. The number of allylic oxidation sites excluding steroid dienone is 10. The SMILES string of the molecule is CCCCCC/C=C\C/C=C\CCCCCCCC(=O)OC(COC(=O)CCCCCCC/C=C\CCCCCCC)COC(=O)CCCCCCCCCCCCCCCCCCCCCCC/C=C\C/C=C\CCCCCCC. The van der Waals surface area contributed by atoms with Crippen molar-refractivity contribution in [2.75, 3.05) is 13.2 Å². The third-order valence-electron chi connectivity index (χ3n) is 16.0. The van der Waals surface area contributed by atoms with Crippen LogP contribution in [0.4, 0.5) is 0 Å². The molecule has 6 nitrogen and oxygen atoms in total. The molecule has 6 heteroatoms. The van der Waals surface area contributed by atoms with E-state index in [2.05, 4.69) is 81.5 Å². The first-order valence-corrected chi connectivity index (χ1v) is 35.8. The lowest BCUT2D eigenvalue weighted by Crippen LogP contribution is -2.30. The summed E-state index contributed by atoms with van der Waals surface area (Å²) >= 11 is 0. The fourth-order valence-corrected chi connectivity index (χ4v) is 10.6. The molecule has 0 amide bonds. The second-order valence-electron chi connectivity index (χ2n) is 24.1. The van der Waals surface area contributed by atoms with Crippen molar-refractivity contribution in [3.05, 3.63) is 60.8 Å². The molecule has 0 radical (unpaired) electrons. The molecule has 81 heavy (non-hydrogen) atoms. The van der Waals surface area contributed by atoms with Crippen molar-refractivity contribution >= 4 is 17.9 Å². The zero-order valence-corrected chi connectivity index (χ0v) is 54.3. The topological polar surface area (TPSA) is 78.9 Å². The summed E-state index contributed by atoms with van der Waals surface area (Å²) < 4.78 is 16.9. The van der Waals surface area contributed by atoms with Crippen LogP contribution in [0, 0.1) is 0 Å². The Bertz CT molecular complexity index is 1440. The van der Waals surface area contributed by atoms with Crippen LogP contribution in [0.3, 0.4) is 0 Å². The summed E-state index contributed by atoms with van der Waals surface area (Å²) in [6, 6.07) is 0.